The number of ether oxygens (including phenoxy) is 9. The third kappa shape index (κ3) is 15.3. The molecule has 0 saturated carbocycles. The molecule has 18 atom stereocenters. The number of esters is 3. The number of carbonyl (C=O) groups is 4. The van der Waals surface area contributed by atoms with Crippen molar-refractivity contribution in [1.82, 2.24) is 14.8 Å². The van der Waals surface area contributed by atoms with E-state index in [4.69, 9.17) is 42.6 Å². The maximum atomic E-state index is 14.6. The zero-order valence-corrected chi connectivity index (χ0v) is 49.5. The molecule has 0 radical (unpaired) electrons. The smallest absolute Gasteiger partial charge is 0.343 e. The van der Waals surface area contributed by atoms with Gasteiger partial charge in [0.1, 0.15) is 41.4 Å². The van der Waals surface area contributed by atoms with Crippen LogP contribution in [0.5, 0.6) is 0 Å². The van der Waals surface area contributed by atoms with Gasteiger partial charge in [-0.1, -0.05) is 46.4 Å². The Kier molecular flexibility index (Phi) is 23.4. The summed E-state index contributed by atoms with van der Waals surface area (Å²) in [6, 6.07) is 5.32. The van der Waals surface area contributed by atoms with Crippen LogP contribution in [0.1, 0.15) is 131 Å². The highest BCUT2D eigenvalue weighted by molar-refractivity contribution is 5.94. The van der Waals surface area contributed by atoms with E-state index in [2.05, 4.69) is 11.9 Å². The Hall–Kier alpha value is -4.19. The molecule has 5 rings (SSSR count). The molecule has 446 valence electrons. The van der Waals surface area contributed by atoms with Gasteiger partial charge in [0.05, 0.1) is 54.0 Å². The summed E-state index contributed by atoms with van der Waals surface area (Å²) >= 11 is 0. The molecule has 4 heterocycles. The Bertz CT molecular complexity index is 2450. The van der Waals surface area contributed by atoms with Crippen molar-refractivity contribution in [3.8, 4) is 0 Å². The number of carbonyl (C=O) groups excluding carboxylic acids is 4. The van der Waals surface area contributed by atoms with Crippen molar-refractivity contribution < 1.29 is 77.1 Å². The van der Waals surface area contributed by atoms with E-state index in [0.717, 1.165) is 11.1 Å². The fourth-order valence-corrected chi connectivity index (χ4v) is 11.9. The number of aliphatic hydroxyl groups excluding tert-OH is 2. The van der Waals surface area contributed by atoms with Crippen molar-refractivity contribution in [3.63, 3.8) is 0 Å². The SMILES string of the molecule is C=CCOC(=O)c1cn(CC)c2ccc(CCCNCCC(=O)O[C@@H]3[C@H](C)O[C@H](O[C@@H]4[C@@H](C)[C@H](O[C@@H]5O[C@H](C)C[C@H](N(C)C)[C@@H]5O)[C@](C)(OC)C[C@H](C)C(=O)[C@H](C)[C@@H](O)[C@](C)(O)[C@H](CC)OC(=O)[C@@H]4C)C[C@]3(C)OC)cc2c1=O. The van der Waals surface area contributed by atoms with Crippen LogP contribution < -0.4 is 10.7 Å². The minimum atomic E-state index is -2.03. The summed E-state index contributed by atoms with van der Waals surface area (Å²) in [6.07, 6.45) is -5.22. The standard InChI is InChI=1S/C59H93N3O17/c1-17-27-73-55(69)41-32-62(19-3)42-23-22-39(29-40(42)48(41)65)21-20-25-60-26-24-45(63)77-53-38(9)75-46(31-58(53,11)72-16)78-50-36(7)52(79-56-49(66)43(61(13)14)28-34(5)74-56)57(10,71-15)30-33(4)47(64)35(6)51(67)59(12,70)44(18-2)76-54(68)37(50)8/h17,22-23,29,32-38,43-44,46,49-53,56,60,66-67,70H,1,18-21,24-28,30-31H2,2-16H3/t33-,34+,35-,36+,37+,38-,43-,44-,46+,49-,50+,51+,52-,53+,56-,57+,58-,59+/m0/s1. The zero-order valence-electron chi connectivity index (χ0n) is 49.5. The average Bonchev–Trinajstić information content (AvgIpc) is 3.43. The molecular formula is C59H93N3O17. The summed E-state index contributed by atoms with van der Waals surface area (Å²) in [5.41, 5.74) is -3.30. The molecule has 0 amide bonds. The molecule has 79 heavy (non-hydrogen) atoms. The number of methoxy groups -OCH3 is 2. The summed E-state index contributed by atoms with van der Waals surface area (Å²) in [6.45, 7) is 23.9. The molecule has 0 unspecified atom stereocenters. The lowest BCUT2D eigenvalue weighted by Gasteiger charge is -2.50. The van der Waals surface area contributed by atoms with Crippen LogP contribution in [0.25, 0.3) is 10.9 Å². The van der Waals surface area contributed by atoms with E-state index in [0.29, 0.717) is 44.3 Å². The zero-order chi connectivity index (χ0) is 58.9. The molecule has 1 aromatic carbocycles. The molecule has 0 bridgehead atoms. The van der Waals surface area contributed by atoms with Crippen molar-refractivity contribution in [3.05, 3.63) is 58.4 Å². The fraction of sp³-hybridized carbons (Fsp3) is 0.746. The Morgan fingerprint density at radius 3 is 2.22 bits per heavy atom. The van der Waals surface area contributed by atoms with Crippen LogP contribution in [0, 0.1) is 23.7 Å². The molecule has 3 aliphatic rings. The monoisotopic (exact) mass is 1120 g/mol. The molecule has 20 heteroatoms. The number of pyridine rings is 1. The van der Waals surface area contributed by atoms with Gasteiger partial charge in [-0.3, -0.25) is 19.2 Å². The van der Waals surface area contributed by atoms with Crippen LogP contribution in [-0.4, -0.2) is 181 Å². The number of ketones is 1. The largest absolute Gasteiger partial charge is 0.459 e. The van der Waals surface area contributed by atoms with Gasteiger partial charge in [0, 0.05) is 69.1 Å². The molecule has 0 aliphatic carbocycles. The van der Waals surface area contributed by atoms with Crippen molar-refractivity contribution in [2.45, 2.75) is 212 Å². The number of benzene rings is 1. The average molecular weight is 1120 g/mol. The summed E-state index contributed by atoms with van der Waals surface area (Å²) in [5, 5.41) is 39.0. The van der Waals surface area contributed by atoms with Crippen LogP contribution in [0.3, 0.4) is 0 Å². The Morgan fingerprint density at radius 2 is 1.59 bits per heavy atom. The number of hydrogen-bond donors (Lipinski definition) is 4. The minimum absolute atomic E-state index is 0.00357. The van der Waals surface area contributed by atoms with Crippen LogP contribution in [0.2, 0.25) is 0 Å². The molecule has 4 N–H and O–H groups in total. The number of aromatic nitrogens is 1. The first-order chi connectivity index (χ1) is 37.1. The first kappa shape index (κ1) is 65.6. The number of Topliss-reactive ketones (excluding diaryl/α,β-unsaturated/α-hetero) is 1. The molecule has 2 aromatic rings. The van der Waals surface area contributed by atoms with E-state index in [-0.39, 0.29) is 55.8 Å². The Morgan fingerprint density at radius 1 is 0.924 bits per heavy atom. The van der Waals surface area contributed by atoms with Crippen molar-refractivity contribution in [1.29, 1.82) is 0 Å². The van der Waals surface area contributed by atoms with E-state index in [1.807, 2.05) is 62.5 Å². The van der Waals surface area contributed by atoms with Gasteiger partial charge < -0.3 is 72.7 Å². The number of aliphatic hydroxyl groups is 3. The van der Waals surface area contributed by atoms with Crippen molar-refractivity contribution in [2.24, 2.45) is 23.7 Å². The third-order valence-corrected chi connectivity index (χ3v) is 16.8. The number of fused-ring (bicyclic) bond motifs is 1. The number of cyclic esters (lactones) is 1. The second-order valence-electron chi connectivity index (χ2n) is 23.1. The second kappa shape index (κ2) is 28.2. The fourth-order valence-electron chi connectivity index (χ4n) is 11.9. The molecule has 3 fully saturated rings. The number of likely N-dealkylation sites (N-methyl/N-ethyl adjacent to an activating group) is 1. The van der Waals surface area contributed by atoms with Gasteiger partial charge in [0.2, 0.25) is 5.43 Å². The maximum absolute atomic E-state index is 14.6. The predicted molar refractivity (Wildman–Crippen MR) is 295 cm³/mol. The van der Waals surface area contributed by atoms with Crippen LogP contribution in [-0.2, 0) is 70.0 Å². The van der Waals surface area contributed by atoms with Crippen LogP contribution in [0.4, 0.5) is 0 Å². The summed E-state index contributed by atoms with van der Waals surface area (Å²) in [7, 11) is 6.74. The highest BCUT2D eigenvalue weighted by Crippen LogP contribution is 2.42. The number of aryl methyl sites for hydroxylation is 2. The van der Waals surface area contributed by atoms with Gasteiger partial charge in [-0.05, 0) is 119 Å². The van der Waals surface area contributed by atoms with Crippen LogP contribution in [0.15, 0.2) is 41.8 Å². The number of rotatable bonds is 20. The summed E-state index contributed by atoms with van der Waals surface area (Å²) in [4.78, 5) is 70.3. The lowest BCUT2D eigenvalue weighted by molar-refractivity contribution is -0.320. The number of nitrogens with one attached hydrogen (secondary N) is 1. The summed E-state index contributed by atoms with van der Waals surface area (Å²) in [5.74, 6) is -6.01. The molecule has 1 aromatic heterocycles. The van der Waals surface area contributed by atoms with Crippen LogP contribution >= 0.6 is 0 Å². The quantitative estimate of drug-likeness (QED) is 0.0570. The van der Waals surface area contributed by atoms with E-state index in [1.165, 1.54) is 33.4 Å². The minimum Gasteiger partial charge on any atom is -0.459 e. The molecular weight excluding hydrogens is 1020 g/mol. The van der Waals surface area contributed by atoms with Gasteiger partial charge >= 0.3 is 17.9 Å². The highest BCUT2D eigenvalue weighted by Gasteiger charge is 2.55. The first-order valence-corrected chi connectivity index (χ1v) is 28.2. The second-order valence-corrected chi connectivity index (χ2v) is 23.1. The Balaban J connectivity index is 1.34. The predicted octanol–water partition coefficient (Wildman–Crippen LogP) is 5.28. The Labute approximate surface area is 467 Å². The molecule has 20 nitrogen and oxygen atoms in total. The number of hydrogen-bond acceptors (Lipinski definition) is 19. The number of nitrogens with zero attached hydrogens (tertiary/aromatic N) is 2. The van der Waals surface area contributed by atoms with Gasteiger partial charge in [0.25, 0.3) is 0 Å². The van der Waals surface area contributed by atoms with Crippen molar-refractivity contribution in [2.75, 3.05) is 48.0 Å². The van der Waals surface area contributed by atoms with E-state index >= 15 is 0 Å². The first-order valence-electron chi connectivity index (χ1n) is 28.2. The van der Waals surface area contributed by atoms with E-state index in [9.17, 15) is 39.3 Å². The topological polar surface area (TPSA) is 249 Å². The van der Waals surface area contributed by atoms with Gasteiger partial charge in [0.15, 0.2) is 18.7 Å². The van der Waals surface area contributed by atoms with E-state index < -0.39 is 119 Å². The van der Waals surface area contributed by atoms with E-state index in [1.54, 1.807) is 48.5 Å². The van der Waals surface area contributed by atoms with Crippen molar-refractivity contribution >= 4 is 34.6 Å². The molecule has 0 spiro atoms. The van der Waals surface area contributed by atoms with Gasteiger partial charge in [-0.25, -0.2) is 4.79 Å². The summed E-state index contributed by atoms with van der Waals surface area (Å²) < 4.78 is 58.4. The molecule has 3 aliphatic heterocycles. The normalized spacial score (nSPS) is 36.1. The van der Waals surface area contributed by atoms with Gasteiger partial charge in [-0.2, -0.15) is 0 Å². The lowest BCUT2D eigenvalue weighted by Crippen LogP contribution is -2.61. The highest BCUT2D eigenvalue weighted by atomic mass is 16.7. The lowest BCUT2D eigenvalue weighted by atomic mass is 9.74. The van der Waals surface area contributed by atoms with Gasteiger partial charge in [-0.15, -0.1) is 0 Å². The maximum Gasteiger partial charge on any atom is 0.343 e. The third-order valence-electron chi connectivity index (χ3n) is 16.8. The molecule has 3 saturated heterocycles.